The van der Waals surface area contributed by atoms with Crippen LogP contribution < -0.4 is 10.6 Å². The van der Waals surface area contributed by atoms with Gasteiger partial charge in [0.25, 0.3) is 0 Å². The Morgan fingerprint density at radius 2 is 1.68 bits per heavy atom. The number of alkyl halides is 3. The summed E-state index contributed by atoms with van der Waals surface area (Å²) < 4.78 is 38.7. The molecule has 3 rings (SSSR count). The Morgan fingerprint density at radius 1 is 1.05 bits per heavy atom. The van der Waals surface area contributed by atoms with Crippen molar-refractivity contribution >= 4 is 5.69 Å². The van der Waals surface area contributed by atoms with Crippen molar-refractivity contribution in [3.63, 3.8) is 0 Å². The Balaban J connectivity index is 1.76. The average molecular weight is 270 g/mol. The van der Waals surface area contributed by atoms with Gasteiger partial charge in [0.15, 0.2) is 0 Å². The van der Waals surface area contributed by atoms with Gasteiger partial charge in [0, 0.05) is 23.8 Å². The fraction of sp³-hybridized carbons (Fsp3) is 0.571. The molecule has 1 aromatic rings. The summed E-state index contributed by atoms with van der Waals surface area (Å²) in [4.78, 5) is 0. The Labute approximate surface area is 110 Å². The molecular weight excluding hydrogens is 253 g/mol. The number of anilines is 1. The minimum absolute atomic E-state index is 0.141. The van der Waals surface area contributed by atoms with Crippen molar-refractivity contribution in [2.45, 2.75) is 50.0 Å². The van der Waals surface area contributed by atoms with E-state index in [9.17, 15) is 13.2 Å². The van der Waals surface area contributed by atoms with Crippen LogP contribution in [0.1, 0.15) is 31.2 Å². The molecule has 2 aliphatic rings. The van der Waals surface area contributed by atoms with Crippen molar-refractivity contribution in [3.8, 4) is 0 Å². The summed E-state index contributed by atoms with van der Waals surface area (Å²) in [6.45, 7) is 0. The highest BCUT2D eigenvalue weighted by atomic mass is 19.4. The predicted molar refractivity (Wildman–Crippen MR) is 68.0 cm³/mol. The van der Waals surface area contributed by atoms with Gasteiger partial charge in [0.2, 0.25) is 0 Å². The molecule has 19 heavy (non-hydrogen) atoms. The van der Waals surface area contributed by atoms with Gasteiger partial charge in [-0.3, -0.25) is 0 Å². The quantitative estimate of drug-likeness (QED) is 0.860. The van der Waals surface area contributed by atoms with Crippen LogP contribution in [-0.2, 0) is 6.18 Å². The van der Waals surface area contributed by atoms with Crippen LogP contribution in [0, 0.1) is 0 Å². The standard InChI is InChI=1S/C14H17F3N2/c15-14(16,17)12-3-1-2-4-13(12)19-11-7-9-5-6-10(8-11)18-9/h1-4,9-11,18-19H,5-8H2. The van der Waals surface area contributed by atoms with Crippen LogP contribution >= 0.6 is 0 Å². The van der Waals surface area contributed by atoms with Crippen LogP contribution in [0.25, 0.3) is 0 Å². The minimum Gasteiger partial charge on any atom is -0.382 e. The summed E-state index contributed by atoms with van der Waals surface area (Å²) in [5.74, 6) is 0. The first kappa shape index (κ1) is 12.8. The van der Waals surface area contributed by atoms with E-state index < -0.39 is 11.7 Å². The van der Waals surface area contributed by atoms with E-state index in [1.807, 2.05) is 0 Å². The van der Waals surface area contributed by atoms with E-state index in [2.05, 4.69) is 10.6 Å². The van der Waals surface area contributed by atoms with Crippen molar-refractivity contribution in [1.82, 2.24) is 5.32 Å². The molecule has 0 spiro atoms. The maximum atomic E-state index is 12.9. The van der Waals surface area contributed by atoms with Crippen LogP contribution in [0.4, 0.5) is 18.9 Å². The molecule has 2 N–H and O–H groups in total. The third kappa shape index (κ3) is 2.71. The highest BCUT2D eigenvalue weighted by Crippen LogP contribution is 2.36. The topological polar surface area (TPSA) is 24.1 Å². The first-order valence-electron chi connectivity index (χ1n) is 6.71. The number of nitrogens with one attached hydrogen (secondary N) is 2. The van der Waals surface area contributed by atoms with Gasteiger partial charge in [-0.05, 0) is 37.8 Å². The Kier molecular flexibility index (Phi) is 3.17. The SMILES string of the molecule is FC(F)(F)c1ccccc1NC1CC2CCC(C1)N2. The summed E-state index contributed by atoms with van der Waals surface area (Å²) in [5.41, 5.74) is -0.359. The molecule has 2 bridgehead atoms. The lowest BCUT2D eigenvalue weighted by molar-refractivity contribution is -0.137. The lowest BCUT2D eigenvalue weighted by Crippen LogP contribution is -2.43. The first-order chi connectivity index (χ1) is 9.02. The maximum Gasteiger partial charge on any atom is 0.418 e. The van der Waals surface area contributed by atoms with E-state index in [-0.39, 0.29) is 11.7 Å². The molecule has 0 aliphatic carbocycles. The number of halogens is 3. The van der Waals surface area contributed by atoms with E-state index in [0.717, 1.165) is 31.7 Å². The third-order valence-corrected chi connectivity index (χ3v) is 4.07. The molecule has 0 radical (unpaired) electrons. The molecule has 0 amide bonds. The van der Waals surface area contributed by atoms with E-state index in [1.54, 1.807) is 6.07 Å². The molecule has 0 aromatic heterocycles. The van der Waals surface area contributed by atoms with E-state index in [1.165, 1.54) is 12.1 Å². The lowest BCUT2D eigenvalue weighted by Gasteiger charge is -2.31. The molecule has 2 nitrogen and oxygen atoms in total. The van der Waals surface area contributed by atoms with Gasteiger partial charge in [-0.1, -0.05) is 12.1 Å². The number of fused-ring (bicyclic) bond motifs is 2. The van der Waals surface area contributed by atoms with Gasteiger partial charge >= 0.3 is 6.18 Å². The second kappa shape index (κ2) is 4.71. The Bertz CT molecular complexity index is 446. The van der Waals surface area contributed by atoms with Gasteiger partial charge < -0.3 is 10.6 Å². The Hall–Kier alpha value is -1.23. The van der Waals surface area contributed by atoms with Crippen molar-refractivity contribution in [2.75, 3.05) is 5.32 Å². The number of hydrogen-bond acceptors (Lipinski definition) is 2. The van der Waals surface area contributed by atoms with Crippen molar-refractivity contribution < 1.29 is 13.2 Å². The second-order valence-corrected chi connectivity index (χ2v) is 5.49. The van der Waals surface area contributed by atoms with E-state index >= 15 is 0 Å². The van der Waals surface area contributed by atoms with Crippen LogP contribution in [0.3, 0.4) is 0 Å². The zero-order chi connectivity index (χ0) is 13.5. The fourth-order valence-corrected chi connectivity index (χ4v) is 3.25. The smallest absolute Gasteiger partial charge is 0.382 e. The molecule has 2 atom stereocenters. The molecule has 1 aromatic carbocycles. The van der Waals surface area contributed by atoms with Gasteiger partial charge in [-0.25, -0.2) is 0 Å². The molecule has 2 fully saturated rings. The number of rotatable bonds is 2. The molecular formula is C14H17F3N2. The van der Waals surface area contributed by atoms with Crippen molar-refractivity contribution in [3.05, 3.63) is 29.8 Å². The first-order valence-corrected chi connectivity index (χ1v) is 6.71. The highest BCUT2D eigenvalue weighted by Gasteiger charge is 2.36. The third-order valence-electron chi connectivity index (χ3n) is 4.07. The predicted octanol–water partition coefficient (Wildman–Crippen LogP) is 3.40. The average Bonchev–Trinajstić information content (AvgIpc) is 2.68. The second-order valence-electron chi connectivity index (χ2n) is 5.49. The van der Waals surface area contributed by atoms with Gasteiger partial charge in [0.05, 0.1) is 5.56 Å². The summed E-state index contributed by atoms with van der Waals surface area (Å²) in [5, 5.41) is 6.59. The molecule has 2 unspecified atom stereocenters. The lowest BCUT2D eigenvalue weighted by atomic mass is 9.99. The largest absolute Gasteiger partial charge is 0.418 e. The molecule has 2 heterocycles. The number of benzene rings is 1. The maximum absolute atomic E-state index is 12.9. The van der Waals surface area contributed by atoms with E-state index in [4.69, 9.17) is 0 Å². The van der Waals surface area contributed by atoms with E-state index in [0.29, 0.717) is 12.1 Å². The van der Waals surface area contributed by atoms with Crippen LogP contribution in [0.15, 0.2) is 24.3 Å². The van der Waals surface area contributed by atoms with Crippen molar-refractivity contribution in [2.24, 2.45) is 0 Å². The summed E-state index contributed by atoms with van der Waals surface area (Å²) in [7, 11) is 0. The zero-order valence-electron chi connectivity index (χ0n) is 10.5. The summed E-state index contributed by atoms with van der Waals surface area (Å²) in [6, 6.07) is 6.81. The molecule has 2 saturated heterocycles. The molecule has 2 aliphatic heterocycles. The fourth-order valence-electron chi connectivity index (χ4n) is 3.25. The monoisotopic (exact) mass is 270 g/mol. The van der Waals surface area contributed by atoms with Crippen LogP contribution in [0.5, 0.6) is 0 Å². The summed E-state index contributed by atoms with van der Waals surface area (Å²) in [6.07, 6.45) is -0.200. The molecule has 5 heteroatoms. The van der Waals surface area contributed by atoms with Gasteiger partial charge in [-0.2, -0.15) is 13.2 Å². The number of piperidine rings is 1. The minimum atomic E-state index is -4.30. The zero-order valence-corrected chi connectivity index (χ0v) is 10.5. The van der Waals surface area contributed by atoms with Crippen molar-refractivity contribution in [1.29, 1.82) is 0 Å². The van der Waals surface area contributed by atoms with Crippen LogP contribution in [0.2, 0.25) is 0 Å². The molecule has 0 saturated carbocycles. The number of hydrogen-bond donors (Lipinski definition) is 2. The molecule has 104 valence electrons. The number of para-hydroxylation sites is 1. The normalized spacial score (nSPS) is 30.4. The Morgan fingerprint density at radius 3 is 2.32 bits per heavy atom. The summed E-state index contributed by atoms with van der Waals surface area (Å²) >= 11 is 0. The van der Waals surface area contributed by atoms with Gasteiger partial charge in [0.1, 0.15) is 0 Å². The highest BCUT2D eigenvalue weighted by molar-refractivity contribution is 5.53. The van der Waals surface area contributed by atoms with Gasteiger partial charge in [-0.15, -0.1) is 0 Å². The van der Waals surface area contributed by atoms with Crippen LogP contribution in [-0.4, -0.2) is 18.1 Å².